The van der Waals surface area contributed by atoms with Gasteiger partial charge in [0.1, 0.15) is 11.6 Å². The molecule has 20 heteroatoms. The molecule has 2 unspecified atom stereocenters. The number of hydrogen-bond donors (Lipinski definition) is 4. The number of carbonyl (C=O) groups is 6. The van der Waals surface area contributed by atoms with E-state index in [0.29, 0.717) is 23.4 Å². The number of nitrogens with zero attached hydrogens (tertiary/aromatic N) is 4. The number of anilines is 4. The second-order valence-electron chi connectivity index (χ2n) is 18.4. The predicted octanol–water partition coefficient (Wildman–Crippen LogP) is 10.9. The Morgan fingerprint density at radius 2 is 1.31 bits per heavy atom. The monoisotopic (exact) mass is 1090 g/mol. The van der Waals surface area contributed by atoms with Crippen molar-refractivity contribution in [2.45, 2.75) is 94.9 Å². The van der Waals surface area contributed by atoms with Crippen LogP contribution in [0.25, 0.3) is 0 Å². The first-order valence-corrected chi connectivity index (χ1v) is 27.3. The molecular formula is C55H57Cl3N8O8S. The van der Waals surface area contributed by atoms with Crippen molar-refractivity contribution in [2.24, 2.45) is 16.0 Å². The Hall–Kier alpha value is -6.76. The van der Waals surface area contributed by atoms with Gasteiger partial charge in [0.25, 0.3) is 11.8 Å². The molecular weight excluding hydrogens is 1040 g/mol. The average molecular weight is 1100 g/mol. The van der Waals surface area contributed by atoms with Crippen LogP contribution in [0.4, 0.5) is 28.4 Å². The summed E-state index contributed by atoms with van der Waals surface area (Å²) in [5.41, 5.74) is 2.12. The lowest BCUT2D eigenvalue weighted by molar-refractivity contribution is -0.126. The van der Waals surface area contributed by atoms with Gasteiger partial charge in [0.05, 0.1) is 26.3 Å². The highest BCUT2D eigenvalue weighted by atomic mass is 35.5. The number of amides is 4. The van der Waals surface area contributed by atoms with Gasteiger partial charge in [0.15, 0.2) is 11.9 Å². The van der Waals surface area contributed by atoms with Crippen molar-refractivity contribution in [2.75, 3.05) is 34.6 Å². The summed E-state index contributed by atoms with van der Waals surface area (Å²) in [5, 5.41) is 12.9. The highest BCUT2D eigenvalue weighted by Gasteiger charge is 2.44. The Bertz CT molecular complexity index is 3130. The number of nitrogens with one attached hydrogen (secondary N) is 4. The van der Waals surface area contributed by atoms with E-state index in [0.717, 1.165) is 48.5 Å². The molecule has 0 spiro atoms. The lowest BCUT2D eigenvalue weighted by atomic mass is 9.79. The van der Waals surface area contributed by atoms with Gasteiger partial charge in [-0.15, -0.1) is 5.10 Å². The average Bonchev–Trinajstić information content (AvgIpc) is 3.66. The third kappa shape index (κ3) is 14.1. The molecule has 75 heavy (non-hydrogen) atoms. The van der Waals surface area contributed by atoms with Crippen LogP contribution in [0.15, 0.2) is 124 Å². The molecule has 4 N–H and O–H groups in total. The lowest BCUT2D eigenvalue weighted by Gasteiger charge is -2.24. The molecule has 16 nitrogen and oxygen atoms in total. The number of amidine groups is 1. The molecule has 4 amide bonds. The molecule has 0 fully saturated rings. The number of unbranched alkanes of at least 4 members (excludes halogenated alkanes) is 10. The van der Waals surface area contributed by atoms with E-state index in [1.165, 1.54) is 87.4 Å². The summed E-state index contributed by atoms with van der Waals surface area (Å²) in [6, 6.07) is 25.1. The van der Waals surface area contributed by atoms with Crippen LogP contribution in [0.2, 0.25) is 15.1 Å². The first-order chi connectivity index (χ1) is 35.9. The maximum absolute atomic E-state index is 14.2. The molecule has 2 aliphatic rings. The van der Waals surface area contributed by atoms with E-state index in [1.54, 1.807) is 42.5 Å². The summed E-state index contributed by atoms with van der Waals surface area (Å²) in [4.78, 5) is 88.1. The molecule has 1 aliphatic carbocycles. The first kappa shape index (κ1) is 56.0. The van der Waals surface area contributed by atoms with Gasteiger partial charge in [0, 0.05) is 59.3 Å². The number of Topliss-reactive ketones (excluding diaryl/α,β-unsaturated/α-hetero) is 2. The molecule has 0 saturated carbocycles. The summed E-state index contributed by atoms with van der Waals surface area (Å²) in [6.07, 6.45) is 12.9. The van der Waals surface area contributed by atoms with E-state index in [9.17, 15) is 37.2 Å². The fraction of sp³-hybridized carbons (Fsp3) is 0.309. The van der Waals surface area contributed by atoms with E-state index in [4.69, 9.17) is 34.8 Å². The zero-order valence-corrected chi connectivity index (χ0v) is 44.7. The molecule has 0 saturated heterocycles. The predicted molar refractivity (Wildman–Crippen MR) is 295 cm³/mol. The van der Waals surface area contributed by atoms with Gasteiger partial charge in [-0.05, 0) is 85.3 Å². The van der Waals surface area contributed by atoms with Crippen LogP contribution >= 0.6 is 34.8 Å². The molecule has 0 bridgehead atoms. The van der Waals surface area contributed by atoms with Crippen LogP contribution in [0, 0.1) is 5.92 Å². The molecule has 2 atom stereocenters. The standard InChI is InChI=1S/C55H57Cl3N8O8S/c1-4-5-6-7-8-9-10-11-12-13-14-22-45(67)59-38-19-17-18-34(31-38)53(70)62-52-48(55(72)66(63-52)49-43(57)32-35(56)33-44(49)58)64-75(73,74)40-29-25-37(26-30-40)61-54(71)46-47(60-36-23-27-39(28-24-36)65(2)3)41-20-15-16-21-42(41)50(68)51(46)69/h15-21,23-33,46,48,64H,4-14,22H2,1-3H3,(H,59,67)(H,61,71)(H,62,63,70). The smallest absolute Gasteiger partial charge is 0.273 e. The number of ketones is 2. The Balaban J connectivity index is 1.04. The molecule has 5 aromatic rings. The molecule has 0 aromatic heterocycles. The second-order valence-corrected chi connectivity index (χ2v) is 21.3. The van der Waals surface area contributed by atoms with E-state index in [-0.39, 0.29) is 54.1 Å². The molecule has 1 heterocycles. The number of fused-ring (bicyclic) bond motifs is 1. The van der Waals surface area contributed by atoms with Crippen LogP contribution < -0.4 is 30.6 Å². The Kier molecular flexibility index (Phi) is 19.1. The SMILES string of the molecule is CCCCCCCCCCCCCC(=O)Nc1cccc(C(=O)NC2=NN(c3c(Cl)cc(Cl)cc3Cl)C(=O)C2NS(=O)(=O)c2ccc(NC(=O)C3C(=O)C(=O)c4ccccc4C3=Nc3ccc(N(C)C)cc3)cc2)c1. The van der Waals surface area contributed by atoms with E-state index in [1.807, 2.05) is 31.1 Å². The quantitative estimate of drug-likeness (QED) is 0.0294. The number of benzene rings is 5. The minimum Gasteiger partial charge on any atom is -0.378 e. The summed E-state index contributed by atoms with van der Waals surface area (Å²) >= 11 is 19.1. The van der Waals surface area contributed by atoms with Crippen molar-refractivity contribution in [3.63, 3.8) is 0 Å². The largest absolute Gasteiger partial charge is 0.378 e. The molecule has 7 rings (SSSR count). The first-order valence-electron chi connectivity index (χ1n) is 24.7. The third-order valence-corrected chi connectivity index (χ3v) is 14.8. The summed E-state index contributed by atoms with van der Waals surface area (Å²) in [5.74, 6) is -6.83. The lowest BCUT2D eigenvalue weighted by Crippen LogP contribution is -2.51. The van der Waals surface area contributed by atoms with Crippen LogP contribution in [-0.2, 0) is 29.2 Å². The summed E-state index contributed by atoms with van der Waals surface area (Å²) in [6.45, 7) is 2.21. The maximum Gasteiger partial charge on any atom is 0.273 e. The number of carbonyl (C=O) groups excluding carboxylic acids is 6. The van der Waals surface area contributed by atoms with E-state index >= 15 is 0 Å². The maximum atomic E-state index is 14.2. The number of aliphatic imine (C=N–C) groups is 1. The minimum absolute atomic E-state index is 0.0541. The minimum atomic E-state index is -4.65. The fourth-order valence-electron chi connectivity index (χ4n) is 8.59. The zero-order valence-electron chi connectivity index (χ0n) is 41.6. The molecule has 5 aromatic carbocycles. The van der Waals surface area contributed by atoms with Crippen molar-refractivity contribution >= 4 is 120 Å². The van der Waals surface area contributed by atoms with Crippen molar-refractivity contribution in [1.82, 2.24) is 10.0 Å². The van der Waals surface area contributed by atoms with Gasteiger partial charge in [-0.1, -0.05) is 136 Å². The Morgan fingerprint density at radius 1 is 0.693 bits per heavy atom. The fourth-order valence-corrected chi connectivity index (χ4v) is 10.7. The van der Waals surface area contributed by atoms with Crippen molar-refractivity contribution < 1.29 is 37.2 Å². The highest BCUT2D eigenvalue weighted by Crippen LogP contribution is 2.39. The van der Waals surface area contributed by atoms with Crippen molar-refractivity contribution in [3.8, 4) is 0 Å². The molecule has 0 radical (unpaired) electrons. The van der Waals surface area contributed by atoms with Gasteiger partial charge in [-0.25, -0.2) is 8.42 Å². The van der Waals surface area contributed by atoms with Crippen molar-refractivity contribution in [3.05, 3.63) is 141 Å². The van der Waals surface area contributed by atoms with Crippen LogP contribution in [-0.4, -0.2) is 75.3 Å². The van der Waals surface area contributed by atoms with Gasteiger partial charge in [0.2, 0.25) is 33.4 Å². The van der Waals surface area contributed by atoms with Crippen LogP contribution in [0.1, 0.15) is 110 Å². The number of hydrazone groups is 1. The highest BCUT2D eigenvalue weighted by molar-refractivity contribution is 7.89. The van der Waals surface area contributed by atoms with Gasteiger partial charge >= 0.3 is 0 Å². The number of rotatable bonds is 22. The van der Waals surface area contributed by atoms with E-state index < -0.39 is 57.1 Å². The van der Waals surface area contributed by atoms with Crippen LogP contribution in [0.3, 0.4) is 0 Å². The molecule has 1 aliphatic heterocycles. The molecule has 392 valence electrons. The number of hydrogen-bond acceptors (Lipinski definition) is 11. The third-order valence-electron chi connectivity index (χ3n) is 12.6. The number of sulfonamides is 1. The normalized spacial score (nSPS) is 15.9. The van der Waals surface area contributed by atoms with E-state index in [2.05, 4.69) is 37.7 Å². The van der Waals surface area contributed by atoms with Gasteiger partial charge in [-0.3, -0.25) is 33.8 Å². The summed E-state index contributed by atoms with van der Waals surface area (Å²) < 4.78 is 30.5. The zero-order chi connectivity index (χ0) is 53.8. The summed E-state index contributed by atoms with van der Waals surface area (Å²) in [7, 11) is -0.896. The van der Waals surface area contributed by atoms with Crippen molar-refractivity contribution in [1.29, 1.82) is 0 Å². The van der Waals surface area contributed by atoms with Gasteiger partial charge < -0.3 is 20.9 Å². The topological polar surface area (TPSA) is 216 Å². The van der Waals surface area contributed by atoms with Gasteiger partial charge in [-0.2, -0.15) is 9.73 Å². The Morgan fingerprint density at radius 3 is 1.93 bits per heavy atom. The number of halogens is 3. The Labute approximate surface area is 451 Å². The second kappa shape index (κ2) is 25.7. The van der Waals surface area contributed by atoms with Crippen LogP contribution in [0.5, 0.6) is 0 Å².